The van der Waals surface area contributed by atoms with E-state index in [0.717, 1.165) is 59.3 Å². The van der Waals surface area contributed by atoms with Gasteiger partial charge in [-0.1, -0.05) is 64.2 Å². The van der Waals surface area contributed by atoms with Gasteiger partial charge in [-0.2, -0.15) is 0 Å². The molecule has 3 heterocycles. The van der Waals surface area contributed by atoms with Gasteiger partial charge in [0.05, 0.1) is 36.6 Å². The molecule has 8 aliphatic carbocycles. The number of ether oxygens (including phenoxy) is 3. The predicted molar refractivity (Wildman–Crippen MR) is 199 cm³/mol. The van der Waals surface area contributed by atoms with Crippen molar-refractivity contribution in [3.63, 3.8) is 0 Å². The van der Waals surface area contributed by atoms with E-state index in [9.17, 15) is 0 Å². The molecule has 3 aliphatic heterocycles. The van der Waals surface area contributed by atoms with E-state index in [1.54, 1.807) is 32.1 Å². The van der Waals surface area contributed by atoms with Crippen LogP contribution in [0, 0.1) is 59.2 Å². The number of fused-ring (bicyclic) bond motifs is 11. The Bertz CT molecular complexity index is 1180. The lowest BCUT2D eigenvalue weighted by Crippen LogP contribution is -2.61. The maximum Gasteiger partial charge on any atom is 0.0766 e. The van der Waals surface area contributed by atoms with Gasteiger partial charge < -0.3 is 14.2 Å². The van der Waals surface area contributed by atoms with Gasteiger partial charge in [0.15, 0.2) is 0 Å². The van der Waals surface area contributed by atoms with Crippen molar-refractivity contribution in [2.45, 2.75) is 228 Å². The third-order valence-corrected chi connectivity index (χ3v) is 19.0. The molecule has 50 heavy (non-hydrogen) atoms. The number of nitrogens with zero attached hydrogens (tertiary/aromatic N) is 1. The Morgan fingerprint density at radius 2 is 0.860 bits per heavy atom. The molecule has 17 atom stereocenters. The summed E-state index contributed by atoms with van der Waals surface area (Å²) in [6, 6.07) is 2.02. The van der Waals surface area contributed by atoms with Crippen LogP contribution in [0.5, 0.6) is 0 Å². The minimum Gasteiger partial charge on any atom is -0.374 e. The maximum absolute atomic E-state index is 7.72. The summed E-state index contributed by atoms with van der Waals surface area (Å²) in [7, 11) is 0. The Balaban J connectivity index is 0.865. The number of hydrogen-bond donors (Lipinski definition) is 0. The van der Waals surface area contributed by atoms with Crippen LogP contribution in [0.3, 0.4) is 0 Å². The first-order valence-corrected chi connectivity index (χ1v) is 23.5. The monoisotopic (exact) mass is 688 g/mol. The second-order valence-electron chi connectivity index (χ2n) is 20.9. The molecule has 0 radical (unpaired) electrons. The van der Waals surface area contributed by atoms with E-state index in [2.05, 4.69) is 4.90 Å². The smallest absolute Gasteiger partial charge is 0.0766 e. The first-order chi connectivity index (χ1) is 24.8. The highest BCUT2D eigenvalue weighted by molar-refractivity contribution is 5.11. The molecule has 0 N–H and O–H groups in total. The van der Waals surface area contributed by atoms with Gasteiger partial charge in [0, 0.05) is 24.0 Å². The summed E-state index contributed by atoms with van der Waals surface area (Å²) < 4.78 is 21.9. The first kappa shape index (κ1) is 33.2. The van der Waals surface area contributed by atoms with E-state index >= 15 is 0 Å². The molecule has 3 saturated heterocycles. The molecular weight excluding hydrogens is 615 g/mol. The van der Waals surface area contributed by atoms with Crippen LogP contribution in [-0.4, -0.2) is 59.6 Å². The summed E-state index contributed by atoms with van der Waals surface area (Å²) in [5.41, 5.74) is 0. The molecule has 0 aromatic rings. The zero-order valence-electron chi connectivity index (χ0n) is 31.7. The first-order valence-electron chi connectivity index (χ1n) is 23.5. The molecule has 11 fully saturated rings. The van der Waals surface area contributed by atoms with Crippen LogP contribution in [0.4, 0.5) is 0 Å². The van der Waals surface area contributed by atoms with Gasteiger partial charge in [-0.05, 0) is 162 Å². The van der Waals surface area contributed by atoms with Crippen LogP contribution in [0.1, 0.15) is 173 Å². The number of rotatable bonds is 4. The molecule has 8 saturated carbocycles. The van der Waals surface area contributed by atoms with Crippen molar-refractivity contribution in [3.8, 4) is 0 Å². The molecule has 0 amide bonds. The molecular formula is C46H73NO3. The predicted octanol–water partition coefficient (Wildman–Crippen LogP) is 10.5. The zero-order valence-corrected chi connectivity index (χ0v) is 31.7. The lowest BCUT2D eigenvalue weighted by molar-refractivity contribution is -0.127. The van der Waals surface area contributed by atoms with E-state index < -0.39 is 0 Å². The second-order valence-corrected chi connectivity index (χ2v) is 20.9. The molecule has 0 aromatic carbocycles. The van der Waals surface area contributed by atoms with Crippen molar-refractivity contribution in [2.75, 3.05) is 0 Å². The van der Waals surface area contributed by atoms with Crippen molar-refractivity contribution in [1.29, 1.82) is 0 Å². The average molecular weight is 688 g/mol. The van der Waals surface area contributed by atoms with Crippen molar-refractivity contribution in [3.05, 3.63) is 0 Å². The van der Waals surface area contributed by atoms with E-state index in [0.29, 0.717) is 54.6 Å². The average Bonchev–Trinajstić information content (AvgIpc) is 3.87. The topological polar surface area (TPSA) is 30.9 Å². The van der Waals surface area contributed by atoms with Gasteiger partial charge in [-0.15, -0.1) is 0 Å². The van der Waals surface area contributed by atoms with Gasteiger partial charge >= 0.3 is 0 Å². The third-order valence-electron chi connectivity index (χ3n) is 19.0. The molecule has 280 valence electrons. The lowest BCUT2D eigenvalue weighted by atomic mass is 9.62. The van der Waals surface area contributed by atoms with Crippen molar-refractivity contribution < 1.29 is 14.2 Å². The number of hydrogen-bond acceptors (Lipinski definition) is 4. The second kappa shape index (κ2) is 13.8. The zero-order chi connectivity index (χ0) is 32.8. The highest BCUT2D eigenvalue weighted by Crippen LogP contribution is 2.58. The Morgan fingerprint density at radius 3 is 1.66 bits per heavy atom. The molecule has 4 nitrogen and oxygen atoms in total. The van der Waals surface area contributed by atoms with E-state index in [4.69, 9.17) is 14.2 Å². The molecule has 17 unspecified atom stereocenters. The van der Waals surface area contributed by atoms with Gasteiger partial charge in [0.25, 0.3) is 0 Å². The fourth-order valence-corrected chi connectivity index (χ4v) is 17.0. The van der Waals surface area contributed by atoms with Crippen LogP contribution in [0.25, 0.3) is 0 Å². The summed E-state index contributed by atoms with van der Waals surface area (Å²) in [6.45, 7) is 0. The summed E-state index contributed by atoms with van der Waals surface area (Å²) >= 11 is 0. The van der Waals surface area contributed by atoms with E-state index in [1.807, 2.05) is 0 Å². The highest BCUT2D eigenvalue weighted by Gasteiger charge is 2.62. The van der Waals surface area contributed by atoms with Crippen LogP contribution in [-0.2, 0) is 14.2 Å². The van der Waals surface area contributed by atoms with Gasteiger partial charge in [0.1, 0.15) is 0 Å². The fraction of sp³-hybridized carbons (Fsp3) is 1.00. The van der Waals surface area contributed by atoms with Crippen LogP contribution in [0.2, 0.25) is 0 Å². The largest absolute Gasteiger partial charge is 0.374 e. The van der Waals surface area contributed by atoms with Gasteiger partial charge in [-0.25, -0.2) is 0 Å². The van der Waals surface area contributed by atoms with Gasteiger partial charge in [-0.3, -0.25) is 4.90 Å². The van der Waals surface area contributed by atoms with Crippen molar-refractivity contribution in [2.24, 2.45) is 59.2 Å². The van der Waals surface area contributed by atoms with E-state index in [1.165, 1.54) is 141 Å². The molecule has 0 aromatic heterocycles. The van der Waals surface area contributed by atoms with Crippen molar-refractivity contribution >= 4 is 0 Å². The summed E-state index contributed by atoms with van der Waals surface area (Å²) in [5.74, 6) is 8.96. The van der Waals surface area contributed by atoms with Crippen LogP contribution in [0.15, 0.2) is 0 Å². The Kier molecular flexibility index (Phi) is 9.20. The minimum absolute atomic E-state index is 0.462. The summed E-state index contributed by atoms with van der Waals surface area (Å²) in [4.78, 5) is 3.28. The van der Waals surface area contributed by atoms with Crippen LogP contribution >= 0.6 is 0 Å². The lowest BCUT2D eigenvalue weighted by Gasteiger charge is -2.53. The molecule has 11 aliphatic rings. The molecule has 0 spiro atoms. The van der Waals surface area contributed by atoms with Crippen LogP contribution < -0.4 is 0 Å². The fourth-order valence-electron chi connectivity index (χ4n) is 17.0. The van der Waals surface area contributed by atoms with Crippen molar-refractivity contribution in [1.82, 2.24) is 4.90 Å². The Labute approximate surface area is 305 Å². The molecule has 11 rings (SSSR count). The third kappa shape index (κ3) is 5.61. The SMILES string of the molecule is C1CCC2CC(C3CCC(N(C4CCCC5C6CCCCC6OC54)C4CCCC5C6CCC7OC8CCCCC8C7C6OC54)CC3)CCC2C1. The minimum atomic E-state index is 0.462. The Morgan fingerprint density at radius 1 is 0.320 bits per heavy atom. The quantitative estimate of drug-likeness (QED) is 0.294. The Hall–Kier alpha value is -0.160. The molecule has 4 heteroatoms. The highest BCUT2D eigenvalue weighted by atomic mass is 16.5. The standard InChI is InChI=1S/C46H73NO3/c1-2-10-30-27-31(20-19-28(30)9-1)29-21-23-32(24-22-29)47(38-15-7-13-34-33-11-3-5-17-40(33)49-44(34)38)39-16-8-14-35-36-25-26-42-43(46(36)50-45(35)39)37-12-4-6-18-41(37)48-42/h28-46H,1-27H2. The van der Waals surface area contributed by atoms with E-state index in [-0.39, 0.29) is 0 Å². The maximum atomic E-state index is 7.72. The normalized spacial score (nSPS) is 56.0. The summed E-state index contributed by atoms with van der Waals surface area (Å²) in [6.07, 6.45) is 42.2. The van der Waals surface area contributed by atoms with Gasteiger partial charge in [0.2, 0.25) is 0 Å². The summed E-state index contributed by atoms with van der Waals surface area (Å²) in [5, 5.41) is 0. The molecule has 0 bridgehead atoms.